The Hall–Kier alpha value is -7.68. The fraction of sp³-hybridized carbons (Fsp3) is 0.182. The number of alkyl halides is 10. The van der Waals surface area contributed by atoms with Crippen molar-refractivity contribution in [1.29, 1.82) is 0 Å². The molecule has 0 aliphatic carbocycles. The number of ether oxygens (including phenoxy) is 2. The lowest BCUT2D eigenvalue weighted by Crippen LogP contribution is -2.48. The predicted octanol–water partition coefficient (Wildman–Crippen LogP) is 10.6. The number of aliphatic hydroxyl groups is 2. The smallest absolute Gasteiger partial charge is 0.423 e. The zero-order valence-corrected chi connectivity index (χ0v) is 38.6. The second kappa shape index (κ2) is 23.1. The maximum Gasteiger partial charge on any atom is 0.573 e. The molecule has 0 aliphatic heterocycles. The van der Waals surface area contributed by atoms with E-state index in [0.29, 0.717) is 47.5 Å². The molecule has 0 saturated carbocycles. The van der Waals surface area contributed by atoms with Gasteiger partial charge in [-0.1, -0.05) is 30.3 Å². The first-order valence-electron chi connectivity index (χ1n) is 33.3. The van der Waals surface area contributed by atoms with Crippen LogP contribution in [-0.4, -0.2) is 90.5 Å². The number of aromatic nitrogens is 10. The lowest BCUT2D eigenvalue weighted by atomic mass is 9.80. The molecule has 0 fully saturated rings. The average Bonchev–Trinajstić information content (AvgIpc) is 1.59. The highest BCUT2D eigenvalue weighted by Crippen LogP contribution is 2.48. The highest BCUT2D eigenvalue weighted by atomic mass is 79.9. The first-order valence-corrected chi connectivity index (χ1v) is 21.1. The molecule has 76 heavy (non-hydrogen) atoms. The highest BCUT2D eigenvalue weighted by Gasteiger charge is 2.59. The van der Waals surface area contributed by atoms with Gasteiger partial charge in [-0.2, -0.15) is 17.6 Å². The molecule has 32 heteroatoms. The van der Waals surface area contributed by atoms with Gasteiger partial charge in [0.25, 0.3) is 0 Å². The predicted molar refractivity (Wildman–Crippen MR) is 261 cm³/mol. The number of hydrogen-bond donors (Lipinski definition) is 4. The van der Waals surface area contributed by atoms with E-state index in [-0.39, 0.29) is 39.5 Å². The van der Waals surface area contributed by atoms with Crippen molar-refractivity contribution in [2.24, 2.45) is 0 Å². The molecule has 4 aromatic carbocycles. The molecule has 4 aromatic heterocycles. The highest BCUT2D eigenvalue weighted by molar-refractivity contribution is 9.10. The largest absolute Gasteiger partial charge is 0.573 e. The summed E-state index contributed by atoms with van der Waals surface area (Å²) in [6, 6.07) is 15.0. The van der Waals surface area contributed by atoms with E-state index in [0.717, 1.165) is 60.9 Å². The minimum Gasteiger partial charge on any atom is -0.423 e. The van der Waals surface area contributed by atoms with E-state index in [9.17, 15) is 54.1 Å². The standard InChI is InChI=1S/C22H14F7N5O2.C15H10BrF4N5O.C7H6BF3O3.12H2/c23-15-4-7-17(18(24)9-15)20(35,11-34-12-31-32-33-34)21(25,26)19-8-3-14(10-30-19)13-1-5-16(6-2-13)36-22(27,28)29;16-9-1-4-13(21-6-9)15(19,20)14(26,7-25-8-22-23-24-25)11-3-2-10(17)5-12(11)18;9-7(10,11)14-6-3-1-5(2-4-6)8(12)13;;;;;;;;;;;;/h1-10,12,35H,11H2;1-6,8,26H,7H2;1-4,12-13H;12*1H/i11D2;7D2;;11*1+1D;1+1. The minimum absolute atomic E-state index is 0. The van der Waals surface area contributed by atoms with Gasteiger partial charge in [-0.25, -0.2) is 26.9 Å². The molecule has 8 rings (SSSR count). The fourth-order valence-corrected chi connectivity index (χ4v) is 6.53. The number of rotatable bonds is 14. The van der Waals surface area contributed by atoms with Gasteiger partial charge in [-0.15, -0.1) is 36.5 Å². The quantitative estimate of drug-likeness (QED) is 0.0589. The van der Waals surface area contributed by atoms with Crippen LogP contribution in [0.3, 0.4) is 0 Å². The molecule has 4 heterocycles. The van der Waals surface area contributed by atoms with Crippen LogP contribution in [0.25, 0.3) is 11.1 Å². The van der Waals surface area contributed by atoms with Crippen molar-refractivity contribution in [2.75, 3.05) is 0 Å². The second-order valence-electron chi connectivity index (χ2n) is 14.9. The number of hydrogen-bond acceptors (Lipinski definition) is 14. The van der Waals surface area contributed by atoms with Gasteiger partial charge in [0, 0.05) is 79.8 Å². The van der Waals surface area contributed by atoms with Crippen molar-refractivity contribution in [3.05, 3.63) is 184 Å². The number of pyridine rings is 2. The number of halogens is 15. The van der Waals surface area contributed by atoms with Crippen LogP contribution in [0.1, 0.15) is 62.1 Å². The average molecular weight is 1200 g/mol. The number of nitrogens with zero attached hydrogens (tertiary/aromatic N) is 10. The summed E-state index contributed by atoms with van der Waals surface area (Å²) in [5.74, 6) is -15.6. The van der Waals surface area contributed by atoms with Gasteiger partial charge in [0.2, 0.25) is 0 Å². The molecule has 0 amide bonds. The molecule has 2 unspecified atom stereocenters. The maximum atomic E-state index is 16.0. The number of tetrazole rings is 2. The summed E-state index contributed by atoms with van der Waals surface area (Å²) < 4.78 is 342. The minimum atomic E-state index is -4.91. The zero-order chi connectivity index (χ0) is 81.4. The fourth-order valence-electron chi connectivity index (χ4n) is 6.29. The molecule has 0 bridgehead atoms. The van der Waals surface area contributed by atoms with Crippen LogP contribution in [0, 0.1) is 23.3 Å². The van der Waals surface area contributed by atoms with Crippen molar-refractivity contribution >= 4 is 28.5 Å². The summed E-state index contributed by atoms with van der Waals surface area (Å²) in [4.78, 5) is 7.10. The van der Waals surface area contributed by atoms with Gasteiger partial charge in [0.15, 0.2) is 11.2 Å². The first-order chi connectivity index (χ1) is 48.1. The van der Waals surface area contributed by atoms with Crippen molar-refractivity contribution in [3.63, 3.8) is 0 Å². The van der Waals surface area contributed by atoms with Gasteiger partial charge >= 0.3 is 31.7 Å². The lowest BCUT2D eigenvalue weighted by molar-refractivity contribution is -0.275. The van der Waals surface area contributed by atoms with Crippen LogP contribution >= 0.6 is 15.9 Å². The topological polar surface area (TPSA) is 212 Å². The van der Waals surface area contributed by atoms with Crippen molar-refractivity contribution in [2.45, 2.75) is 48.8 Å². The zero-order valence-electron chi connectivity index (χ0n) is 63.0. The molecule has 2 atom stereocenters. The Bertz CT molecular complexity index is 3420. The molecule has 4 N–H and O–H groups in total. The van der Waals surface area contributed by atoms with Crippen LogP contribution in [-0.2, 0) is 36.0 Å². The summed E-state index contributed by atoms with van der Waals surface area (Å²) in [6.45, 7) is -7.10. The van der Waals surface area contributed by atoms with E-state index in [1.807, 2.05) is 0 Å². The molecule has 0 spiro atoms. The summed E-state index contributed by atoms with van der Waals surface area (Å²) in [6.07, 6.45) is -6.56. The van der Waals surface area contributed by atoms with Crippen LogP contribution in [0.2, 0.25) is 0 Å². The summed E-state index contributed by atoms with van der Waals surface area (Å²) in [7, 11) is -1.70. The van der Waals surface area contributed by atoms with Gasteiger partial charge in [-0.05, 0) is 115 Å². The Morgan fingerprint density at radius 2 is 0.974 bits per heavy atom. The molecule has 0 saturated heterocycles. The SMILES string of the molecule is OB(O)c1ccc(OC(F)(F)F)cc1.[2HH].[2H]C([2H])(n1cnnn1)C(O)(c1ccc(F)cc1F)C(F)(F)c1ccc(-c2ccc(OC(F)(F)F)cc2)cn1.[2H]C([2H])(n1cnnn1)C(O)(c1ccc(F)cc1F)C(F)(F)c1ccc(Br)cn1.[2H][2H].[2H][2H].[2H][2H].[2H][2H].[2H][2H].[2H][2H].[2H][2H].[2H][2H].[2H][2H].[2H][2H].[2H][2H]. The van der Waals surface area contributed by atoms with Crippen LogP contribution in [0.15, 0.2) is 139 Å². The van der Waals surface area contributed by atoms with E-state index in [2.05, 4.69) is 66.4 Å². The van der Waals surface area contributed by atoms with Gasteiger partial charge in [0.1, 0.15) is 58.8 Å². The molecule has 8 aromatic rings. The molecule has 0 aliphatic rings. The lowest BCUT2D eigenvalue weighted by Gasteiger charge is -2.35. The Morgan fingerprint density at radius 1 is 0.566 bits per heavy atom. The molecular formula is C44H54BBrF14N10O6. The Balaban J connectivity index is -0.000000249. The first kappa shape index (κ1) is 39.7. The summed E-state index contributed by atoms with van der Waals surface area (Å²) in [5, 5.41) is 58.7. The third-order valence-corrected chi connectivity index (χ3v) is 10.2. The van der Waals surface area contributed by atoms with Crippen molar-refractivity contribution < 1.29 is 131 Å². The monoisotopic (exact) mass is 1200 g/mol. The Labute approximate surface area is 466 Å². The third-order valence-electron chi connectivity index (χ3n) is 9.77. The van der Waals surface area contributed by atoms with E-state index in [4.69, 9.17) is 48.2 Å². The van der Waals surface area contributed by atoms with Gasteiger partial charge in [0.05, 0.1) is 18.5 Å². The number of benzene rings is 4. The summed E-state index contributed by atoms with van der Waals surface area (Å²) >= 11 is 3.02. The van der Waals surface area contributed by atoms with Gasteiger partial charge in [-0.3, -0.25) is 9.97 Å². The van der Waals surface area contributed by atoms with E-state index < -0.39 is 113 Å². The normalized spacial score (nSPS) is 15.8. The van der Waals surface area contributed by atoms with E-state index in [1.54, 1.807) is 0 Å². The van der Waals surface area contributed by atoms with Crippen LogP contribution in [0.5, 0.6) is 11.5 Å². The Morgan fingerprint density at radius 3 is 1.32 bits per heavy atom. The van der Waals surface area contributed by atoms with Crippen LogP contribution < -0.4 is 14.9 Å². The van der Waals surface area contributed by atoms with Gasteiger partial charge < -0.3 is 29.7 Å². The second-order valence-corrected chi connectivity index (χ2v) is 15.8. The molecule has 0 radical (unpaired) electrons. The summed E-state index contributed by atoms with van der Waals surface area (Å²) in [5.41, 5.74) is -12.3. The van der Waals surface area contributed by atoms with Crippen molar-refractivity contribution in [1.82, 2.24) is 50.4 Å². The van der Waals surface area contributed by atoms with Crippen LogP contribution in [0.4, 0.5) is 61.5 Å². The molecular weight excluding hydrogens is 1120 g/mol. The Kier molecular flexibility index (Phi) is 12.0. The van der Waals surface area contributed by atoms with E-state index >= 15 is 17.6 Å². The third kappa shape index (κ3) is 14.0. The van der Waals surface area contributed by atoms with E-state index in [1.165, 1.54) is 18.2 Å². The maximum absolute atomic E-state index is 16.0. The molecule has 424 valence electrons. The van der Waals surface area contributed by atoms with Crippen molar-refractivity contribution in [3.8, 4) is 22.6 Å². The molecule has 16 nitrogen and oxygen atoms in total.